The molecule has 0 amide bonds. The Morgan fingerprint density at radius 3 is 2.67 bits per heavy atom. The van der Waals surface area contributed by atoms with Gasteiger partial charge in [-0.3, -0.25) is 4.79 Å². The number of ether oxygens (including phenoxy) is 1. The molecule has 0 saturated carbocycles. The van der Waals surface area contributed by atoms with Crippen LogP contribution in [0.4, 0.5) is 5.69 Å². The van der Waals surface area contributed by atoms with Crippen LogP contribution in [-0.4, -0.2) is 31.6 Å². The Morgan fingerprint density at radius 2 is 2.06 bits per heavy atom. The van der Waals surface area contributed by atoms with Crippen molar-refractivity contribution in [3.05, 3.63) is 29.3 Å². The molecule has 2 aliphatic rings. The Morgan fingerprint density at radius 1 is 1.33 bits per heavy atom. The van der Waals surface area contributed by atoms with Crippen LogP contribution in [0.1, 0.15) is 28.8 Å². The number of morpholine rings is 1. The fourth-order valence-electron chi connectivity index (χ4n) is 2.80. The lowest BCUT2D eigenvalue weighted by molar-refractivity contribution is 0.0305. The molecule has 2 atom stereocenters. The summed E-state index contributed by atoms with van der Waals surface area (Å²) in [5.41, 5.74) is 2.04. The Balaban J connectivity index is 1.92. The number of hydrogen-bond acceptors (Lipinski definition) is 4. The molecule has 4 nitrogen and oxygen atoms in total. The highest BCUT2D eigenvalue weighted by atomic mass is 16.5. The highest BCUT2D eigenvalue weighted by Gasteiger charge is 2.34. The standard InChI is InChI=1S/C14H14N2O2/c15-6-11-5-10(9-17)1-4-14(11)16-7-12-2-3-13(8-16)18-12/h1,4-5,9,12-13H,2-3,7-8H2. The van der Waals surface area contributed by atoms with E-state index < -0.39 is 0 Å². The lowest BCUT2D eigenvalue weighted by Gasteiger charge is -2.34. The molecule has 2 bridgehead atoms. The number of carbonyl (C=O) groups is 1. The summed E-state index contributed by atoms with van der Waals surface area (Å²) < 4.78 is 5.79. The summed E-state index contributed by atoms with van der Waals surface area (Å²) >= 11 is 0. The number of nitrogens with zero attached hydrogens (tertiary/aromatic N) is 2. The predicted molar refractivity (Wildman–Crippen MR) is 66.7 cm³/mol. The number of hydrogen-bond donors (Lipinski definition) is 0. The zero-order valence-electron chi connectivity index (χ0n) is 10.0. The van der Waals surface area contributed by atoms with Crippen molar-refractivity contribution in [2.24, 2.45) is 0 Å². The zero-order chi connectivity index (χ0) is 12.5. The van der Waals surface area contributed by atoms with E-state index in [1.165, 1.54) is 0 Å². The number of benzene rings is 1. The summed E-state index contributed by atoms with van der Waals surface area (Å²) in [5.74, 6) is 0. The van der Waals surface area contributed by atoms with Gasteiger partial charge in [-0.1, -0.05) is 0 Å². The van der Waals surface area contributed by atoms with Crippen LogP contribution in [0.2, 0.25) is 0 Å². The fraction of sp³-hybridized carbons (Fsp3) is 0.429. The van der Waals surface area contributed by atoms with Crippen LogP contribution in [0.25, 0.3) is 0 Å². The molecule has 3 rings (SSSR count). The van der Waals surface area contributed by atoms with Gasteiger partial charge in [-0.05, 0) is 31.0 Å². The summed E-state index contributed by atoms with van der Waals surface area (Å²) in [4.78, 5) is 12.9. The highest BCUT2D eigenvalue weighted by Crippen LogP contribution is 2.31. The van der Waals surface area contributed by atoms with E-state index in [2.05, 4.69) is 11.0 Å². The highest BCUT2D eigenvalue weighted by molar-refractivity contribution is 5.78. The molecule has 2 heterocycles. The summed E-state index contributed by atoms with van der Waals surface area (Å²) in [5, 5.41) is 9.19. The molecule has 1 aromatic rings. The number of rotatable bonds is 2. The number of aldehydes is 1. The van der Waals surface area contributed by atoms with E-state index >= 15 is 0 Å². The molecule has 18 heavy (non-hydrogen) atoms. The maximum atomic E-state index is 10.7. The quantitative estimate of drug-likeness (QED) is 0.741. The van der Waals surface area contributed by atoms with Gasteiger partial charge in [0, 0.05) is 18.7 Å². The van der Waals surface area contributed by atoms with Crippen molar-refractivity contribution >= 4 is 12.0 Å². The second-order valence-corrected chi connectivity index (χ2v) is 4.87. The third-order valence-corrected chi connectivity index (χ3v) is 3.66. The molecule has 2 unspecified atom stereocenters. The molecule has 2 aliphatic heterocycles. The van der Waals surface area contributed by atoms with Crippen LogP contribution in [0.15, 0.2) is 18.2 Å². The molecule has 92 valence electrons. The topological polar surface area (TPSA) is 53.3 Å². The van der Waals surface area contributed by atoms with E-state index in [-0.39, 0.29) is 0 Å². The third-order valence-electron chi connectivity index (χ3n) is 3.66. The van der Waals surface area contributed by atoms with Crippen molar-refractivity contribution in [1.82, 2.24) is 0 Å². The van der Waals surface area contributed by atoms with Gasteiger partial charge in [-0.15, -0.1) is 0 Å². The maximum Gasteiger partial charge on any atom is 0.150 e. The number of anilines is 1. The van der Waals surface area contributed by atoms with Crippen LogP contribution in [0, 0.1) is 11.3 Å². The Hall–Kier alpha value is -1.86. The van der Waals surface area contributed by atoms with Crippen LogP contribution < -0.4 is 4.90 Å². The van der Waals surface area contributed by atoms with Gasteiger partial charge < -0.3 is 9.64 Å². The van der Waals surface area contributed by atoms with E-state index in [0.29, 0.717) is 23.3 Å². The molecule has 1 aromatic carbocycles. The largest absolute Gasteiger partial charge is 0.371 e. The van der Waals surface area contributed by atoms with Crippen LogP contribution >= 0.6 is 0 Å². The molecule has 2 fully saturated rings. The third kappa shape index (κ3) is 1.87. The van der Waals surface area contributed by atoms with Gasteiger partial charge >= 0.3 is 0 Å². The summed E-state index contributed by atoms with van der Waals surface area (Å²) in [7, 11) is 0. The molecule has 4 heteroatoms. The second-order valence-electron chi connectivity index (χ2n) is 4.87. The van der Waals surface area contributed by atoms with Crippen LogP contribution in [0.3, 0.4) is 0 Å². The van der Waals surface area contributed by atoms with Crippen molar-refractivity contribution in [3.63, 3.8) is 0 Å². The first kappa shape index (κ1) is 11.2. The predicted octanol–water partition coefficient (Wildman–Crippen LogP) is 1.74. The average Bonchev–Trinajstić information content (AvgIpc) is 2.76. The Kier molecular flexibility index (Phi) is 2.77. The van der Waals surface area contributed by atoms with Gasteiger partial charge in [-0.25, -0.2) is 0 Å². The molecular formula is C14H14N2O2. The molecule has 2 saturated heterocycles. The minimum atomic E-state index is 0.293. The van der Waals surface area contributed by atoms with E-state index in [9.17, 15) is 10.1 Å². The van der Waals surface area contributed by atoms with E-state index in [0.717, 1.165) is 37.9 Å². The van der Waals surface area contributed by atoms with Crippen molar-refractivity contribution in [1.29, 1.82) is 5.26 Å². The number of carbonyl (C=O) groups excluding carboxylic acids is 1. The maximum absolute atomic E-state index is 10.7. The van der Waals surface area contributed by atoms with Crippen LogP contribution in [-0.2, 0) is 4.74 Å². The summed E-state index contributed by atoms with van der Waals surface area (Å²) in [6.07, 6.45) is 3.57. The average molecular weight is 242 g/mol. The molecular weight excluding hydrogens is 228 g/mol. The summed E-state index contributed by atoms with van der Waals surface area (Å²) in [6.45, 7) is 1.68. The number of nitriles is 1. The summed E-state index contributed by atoms with van der Waals surface area (Å²) in [6, 6.07) is 7.46. The first-order valence-corrected chi connectivity index (χ1v) is 6.20. The van der Waals surface area contributed by atoms with Gasteiger partial charge in [0.25, 0.3) is 0 Å². The van der Waals surface area contributed by atoms with Gasteiger partial charge in [0.1, 0.15) is 12.4 Å². The lowest BCUT2D eigenvalue weighted by atomic mass is 10.1. The minimum Gasteiger partial charge on any atom is -0.371 e. The fourth-order valence-corrected chi connectivity index (χ4v) is 2.80. The Labute approximate surface area is 106 Å². The molecule has 0 aliphatic carbocycles. The van der Waals surface area contributed by atoms with Crippen molar-refractivity contribution < 1.29 is 9.53 Å². The molecule has 0 N–H and O–H groups in total. The van der Waals surface area contributed by atoms with Crippen molar-refractivity contribution in [2.75, 3.05) is 18.0 Å². The first-order valence-electron chi connectivity index (χ1n) is 6.20. The SMILES string of the molecule is N#Cc1cc(C=O)ccc1N1CC2CCC(C1)O2. The Bertz CT molecular complexity index is 509. The van der Waals surface area contributed by atoms with Crippen molar-refractivity contribution in [3.8, 4) is 6.07 Å². The van der Waals surface area contributed by atoms with Gasteiger partial charge in [0.15, 0.2) is 0 Å². The van der Waals surface area contributed by atoms with E-state index in [4.69, 9.17) is 4.74 Å². The number of fused-ring (bicyclic) bond motifs is 2. The van der Waals surface area contributed by atoms with Gasteiger partial charge in [0.2, 0.25) is 0 Å². The lowest BCUT2D eigenvalue weighted by Crippen LogP contribution is -2.42. The van der Waals surface area contributed by atoms with Gasteiger partial charge in [-0.2, -0.15) is 5.26 Å². The first-order chi connectivity index (χ1) is 8.80. The molecule has 0 spiro atoms. The zero-order valence-corrected chi connectivity index (χ0v) is 10.0. The van der Waals surface area contributed by atoms with Gasteiger partial charge in [0.05, 0.1) is 23.5 Å². The van der Waals surface area contributed by atoms with Crippen LogP contribution in [0.5, 0.6) is 0 Å². The second kappa shape index (κ2) is 4.43. The van der Waals surface area contributed by atoms with E-state index in [1.807, 2.05) is 6.07 Å². The van der Waals surface area contributed by atoms with E-state index in [1.54, 1.807) is 12.1 Å². The molecule has 0 aromatic heterocycles. The van der Waals surface area contributed by atoms with Crippen molar-refractivity contribution in [2.45, 2.75) is 25.0 Å². The molecule has 0 radical (unpaired) electrons. The smallest absolute Gasteiger partial charge is 0.150 e. The normalized spacial score (nSPS) is 25.8. The monoisotopic (exact) mass is 242 g/mol. The minimum absolute atomic E-state index is 0.293.